The van der Waals surface area contributed by atoms with E-state index in [0.29, 0.717) is 0 Å². The van der Waals surface area contributed by atoms with Gasteiger partial charge in [-0.05, 0) is 19.9 Å². The van der Waals surface area contributed by atoms with E-state index in [4.69, 9.17) is 0 Å². The molecule has 0 aliphatic heterocycles. The molecular formula is C9H11N3. The zero-order chi connectivity index (χ0) is 8.81. The van der Waals surface area contributed by atoms with Crippen LogP contribution in [-0.4, -0.2) is 17.4 Å². The van der Waals surface area contributed by atoms with Gasteiger partial charge in [-0.15, -0.1) is 0 Å². The molecule has 0 amide bonds. The van der Waals surface area contributed by atoms with Gasteiger partial charge in [0.15, 0.2) is 0 Å². The number of hydrogen-bond donors (Lipinski definition) is 0. The van der Waals surface area contributed by atoms with E-state index < -0.39 is 0 Å². The second kappa shape index (κ2) is 4.38. The molecule has 0 aliphatic rings. The average molecular weight is 161 g/mol. The van der Waals surface area contributed by atoms with Crippen LogP contribution < -0.4 is 0 Å². The monoisotopic (exact) mass is 161 g/mol. The van der Waals surface area contributed by atoms with Gasteiger partial charge in [-0.25, -0.2) is 0 Å². The fraction of sp³-hybridized carbons (Fsp3) is 0.222. The van der Waals surface area contributed by atoms with E-state index in [0.717, 1.165) is 11.4 Å². The predicted molar refractivity (Wildman–Crippen MR) is 51.9 cm³/mol. The summed E-state index contributed by atoms with van der Waals surface area (Å²) in [4.78, 5) is 12.2. The van der Waals surface area contributed by atoms with Crippen molar-refractivity contribution in [1.82, 2.24) is 4.98 Å². The third-order valence-electron chi connectivity index (χ3n) is 1.31. The second-order valence-corrected chi connectivity index (χ2v) is 2.14. The Hall–Kier alpha value is -1.51. The lowest BCUT2D eigenvalue weighted by molar-refractivity contribution is 1.29. The minimum Gasteiger partial charge on any atom is -0.262 e. The average Bonchev–Trinajstić information content (AvgIpc) is 2.09. The Kier molecular flexibility index (Phi) is 3.14. The zero-order valence-electron chi connectivity index (χ0n) is 7.23. The topological polar surface area (TPSA) is 37.6 Å². The van der Waals surface area contributed by atoms with Gasteiger partial charge in [0.1, 0.15) is 5.69 Å². The molecule has 0 aromatic carbocycles. The molecule has 0 unspecified atom stereocenters. The first-order valence-electron chi connectivity index (χ1n) is 3.80. The van der Waals surface area contributed by atoms with Crippen LogP contribution in [0.25, 0.3) is 0 Å². The summed E-state index contributed by atoms with van der Waals surface area (Å²) in [5, 5.41) is 0. The van der Waals surface area contributed by atoms with Crippen molar-refractivity contribution in [3.05, 3.63) is 18.5 Å². The van der Waals surface area contributed by atoms with Crippen molar-refractivity contribution in [2.75, 3.05) is 0 Å². The maximum absolute atomic E-state index is 4.15. The van der Waals surface area contributed by atoms with Crippen LogP contribution in [-0.2, 0) is 0 Å². The Morgan fingerprint density at radius 3 is 2.50 bits per heavy atom. The molecule has 1 heterocycles. The quantitative estimate of drug-likeness (QED) is 0.614. The molecule has 1 aromatic heterocycles. The molecule has 0 atom stereocenters. The number of hydrogen-bond acceptors (Lipinski definition) is 3. The van der Waals surface area contributed by atoms with Crippen LogP contribution in [0.2, 0.25) is 0 Å². The van der Waals surface area contributed by atoms with Gasteiger partial charge in [0, 0.05) is 18.6 Å². The molecule has 1 rings (SSSR count). The Morgan fingerprint density at radius 2 is 1.83 bits per heavy atom. The molecule has 0 saturated heterocycles. The SMILES string of the molecule is C/C=N/c1ccncc1/N=C/C. The van der Waals surface area contributed by atoms with Crippen molar-refractivity contribution in [1.29, 1.82) is 0 Å². The summed E-state index contributed by atoms with van der Waals surface area (Å²) in [6.45, 7) is 3.74. The van der Waals surface area contributed by atoms with Gasteiger partial charge >= 0.3 is 0 Å². The Morgan fingerprint density at radius 1 is 1.17 bits per heavy atom. The molecule has 0 saturated carbocycles. The van der Waals surface area contributed by atoms with Gasteiger partial charge in [-0.1, -0.05) is 0 Å². The van der Waals surface area contributed by atoms with Gasteiger partial charge in [0.05, 0.1) is 11.9 Å². The van der Waals surface area contributed by atoms with Gasteiger partial charge in [0.25, 0.3) is 0 Å². The fourth-order valence-electron chi connectivity index (χ4n) is 0.866. The van der Waals surface area contributed by atoms with E-state index in [1.807, 2.05) is 19.9 Å². The van der Waals surface area contributed by atoms with Crippen molar-refractivity contribution < 1.29 is 0 Å². The first-order valence-corrected chi connectivity index (χ1v) is 3.80. The minimum absolute atomic E-state index is 0.804. The molecule has 3 heteroatoms. The maximum Gasteiger partial charge on any atom is 0.106 e. The predicted octanol–water partition coefficient (Wildman–Crippen LogP) is 2.53. The van der Waals surface area contributed by atoms with Crippen LogP contribution >= 0.6 is 0 Å². The van der Waals surface area contributed by atoms with E-state index in [9.17, 15) is 0 Å². The molecule has 1 aromatic rings. The normalized spacial score (nSPS) is 11.5. The highest BCUT2D eigenvalue weighted by Gasteiger charge is 1.95. The van der Waals surface area contributed by atoms with E-state index in [1.165, 1.54) is 0 Å². The minimum atomic E-state index is 0.804. The van der Waals surface area contributed by atoms with E-state index in [-0.39, 0.29) is 0 Å². The van der Waals surface area contributed by atoms with Crippen LogP contribution in [0.4, 0.5) is 11.4 Å². The second-order valence-electron chi connectivity index (χ2n) is 2.14. The largest absolute Gasteiger partial charge is 0.262 e. The third-order valence-corrected chi connectivity index (χ3v) is 1.31. The van der Waals surface area contributed by atoms with E-state index in [1.54, 1.807) is 24.8 Å². The molecule has 0 N–H and O–H groups in total. The third kappa shape index (κ3) is 1.99. The van der Waals surface area contributed by atoms with E-state index >= 15 is 0 Å². The van der Waals surface area contributed by atoms with Crippen molar-refractivity contribution in [2.45, 2.75) is 13.8 Å². The number of nitrogens with zero attached hydrogens (tertiary/aromatic N) is 3. The molecule has 0 bridgehead atoms. The summed E-state index contributed by atoms with van der Waals surface area (Å²) >= 11 is 0. The first-order chi connectivity index (χ1) is 5.88. The van der Waals surface area contributed by atoms with Gasteiger partial charge in [-0.2, -0.15) is 0 Å². The van der Waals surface area contributed by atoms with Crippen molar-refractivity contribution in [2.24, 2.45) is 9.98 Å². The molecule has 3 nitrogen and oxygen atoms in total. The van der Waals surface area contributed by atoms with Gasteiger partial charge < -0.3 is 0 Å². The van der Waals surface area contributed by atoms with Crippen molar-refractivity contribution in [3.63, 3.8) is 0 Å². The standard InChI is InChI=1S/C9H11N3/c1-3-11-8-5-6-10-7-9(8)12-4-2/h3-7H,1-2H3/b11-3+,12-4+. The number of rotatable bonds is 2. The molecule has 0 spiro atoms. The number of pyridine rings is 1. The summed E-state index contributed by atoms with van der Waals surface area (Å²) in [6, 6.07) is 1.84. The fourth-order valence-corrected chi connectivity index (χ4v) is 0.866. The molecule has 0 radical (unpaired) electrons. The lowest BCUT2D eigenvalue weighted by atomic mass is 10.3. The molecule has 0 fully saturated rings. The lowest BCUT2D eigenvalue weighted by Crippen LogP contribution is -1.72. The highest BCUT2D eigenvalue weighted by atomic mass is 14.8. The summed E-state index contributed by atoms with van der Waals surface area (Å²) in [6.07, 6.45) is 6.87. The zero-order valence-corrected chi connectivity index (χ0v) is 7.23. The summed E-state index contributed by atoms with van der Waals surface area (Å²) < 4.78 is 0. The van der Waals surface area contributed by atoms with Crippen LogP contribution in [0, 0.1) is 0 Å². The highest BCUT2D eigenvalue weighted by molar-refractivity contribution is 5.72. The summed E-state index contributed by atoms with van der Waals surface area (Å²) in [5.41, 5.74) is 1.66. The Bertz CT molecular complexity index is 271. The van der Waals surface area contributed by atoms with Crippen LogP contribution in [0.1, 0.15) is 13.8 Å². The maximum atomic E-state index is 4.15. The first kappa shape index (κ1) is 8.59. The molecule has 0 aliphatic carbocycles. The molecule has 62 valence electrons. The lowest BCUT2D eigenvalue weighted by Gasteiger charge is -1.96. The van der Waals surface area contributed by atoms with Crippen LogP contribution in [0.5, 0.6) is 0 Å². The van der Waals surface area contributed by atoms with Crippen molar-refractivity contribution >= 4 is 23.8 Å². The van der Waals surface area contributed by atoms with Crippen molar-refractivity contribution in [3.8, 4) is 0 Å². The molecule has 12 heavy (non-hydrogen) atoms. The Labute approximate surface area is 71.9 Å². The summed E-state index contributed by atoms with van der Waals surface area (Å²) in [7, 11) is 0. The highest BCUT2D eigenvalue weighted by Crippen LogP contribution is 2.24. The van der Waals surface area contributed by atoms with E-state index in [2.05, 4.69) is 15.0 Å². The smallest absolute Gasteiger partial charge is 0.106 e. The Balaban J connectivity index is 3.08. The number of aromatic nitrogens is 1. The van der Waals surface area contributed by atoms with Crippen LogP contribution in [0.15, 0.2) is 28.4 Å². The van der Waals surface area contributed by atoms with Gasteiger partial charge in [-0.3, -0.25) is 15.0 Å². The van der Waals surface area contributed by atoms with Crippen LogP contribution in [0.3, 0.4) is 0 Å². The number of aliphatic imine (C=N–C) groups is 2. The van der Waals surface area contributed by atoms with Gasteiger partial charge in [0.2, 0.25) is 0 Å². The molecular weight excluding hydrogens is 150 g/mol. The summed E-state index contributed by atoms with van der Waals surface area (Å²) in [5.74, 6) is 0.